The van der Waals surface area contributed by atoms with Gasteiger partial charge in [-0.1, -0.05) is 24.3 Å². The predicted octanol–water partition coefficient (Wildman–Crippen LogP) is 3.67. The van der Waals surface area contributed by atoms with Gasteiger partial charge in [-0.2, -0.15) is 4.37 Å². The number of aromatic nitrogens is 2. The lowest BCUT2D eigenvalue weighted by molar-refractivity contribution is -0.127. The molecule has 3 aromatic heterocycles. The van der Waals surface area contributed by atoms with Crippen molar-refractivity contribution < 1.29 is 14.4 Å². The fraction of sp³-hybridized carbons (Fsp3) is 0.250. The number of benzene rings is 1. The Morgan fingerprint density at radius 1 is 1.17 bits per heavy atom. The Hall–Kier alpha value is -3.70. The number of hydrogen-bond donors (Lipinski definition) is 4. The summed E-state index contributed by atoms with van der Waals surface area (Å²) < 4.78 is 3.98. The van der Waals surface area contributed by atoms with Crippen LogP contribution in [0.15, 0.2) is 48.0 Å². The summed E-state index contributed by atoms with van der Waals surface area (Å²) >= 11 is 2.26. The third-order valence-corrected chi connectivity index (χ3v) is 7.01. The van der Waals surface area contributed by atoms with Crippen molar-refractivity contribution in [1.82, 2.24) is 19.6 Å². The molecule has 4 rings (SSSR count). The number of thiophene rings is 1. The van der Waals surface area contributed by atoms with E-state index in [1.807, 2.05) is 62.5 Å². The van der Waals surface area contributed by atoms with Gasteiger partial charge in [0.15, 0.2) is 5.69 Å². The number of primary amides is 1. The van der Waals surface area contributed by atoms with Crippen LogP contribution in [0, 0.1) is 0 Å². The van der Waals surface area contributed by atoms with Crippen molar-refractivity contribution in [2.24, 2.45) is 5.73 Å². The van der Waals surface area contributed by atoms with E-state index in [1.54, 1.807) is 6.20 Å². The number of carbonyl (C=O) groups excluding carboxylic acids is 3. The topological polar surface area (TPSA) is 147 Å². The molecule has 182 valence electrons. The molecule has 0 fully saturated rings. The van der Waals surface area contributed by atoms with Crippen LogP contribution in [0.1, 0.15) is 57.4 Å². The van der Waals surface area contributed by atoms with Crippen LogP contribution in [-0.4, -0.2) is 37.5 Å². The first-order valence-electron chi connectivity index (χ1n) is 10.8. The van der Waals surface area contributed by atoms with Gasteiger partial charge in [-0.25, -0.2) is 0 Å². The third-order valence-electron chi connectivity index (χ3n) is 5.30. The molecule has 4 aromatic rings. The first-order chi connectivity index (χ1) is 16.6. The van der Waals surface area contributed by atoms with E-state index in [4.69, 9.17) is 11.5 Å². The first kappa shape index (κ1) is 24.4. The average molecular weight is 511 g/mol. The smallest absolute Gasteiger partial charge is 0.270 e. The quantitative estimate of drug-likeness (QED) is 0.299. The number of nitrogen functional groups attached to an aromatic ring is 1. The summed E-state index contributed by atoms with van der Waals surface area (Å²) in [5, 5.41) is 5.74. The molecule has 1 unspecified atom stereocenters. The van der Waals surface area contributed by atoms with Crippen LogP contribution in [0.2, 0.25) is 0 Å². The minimum Gasteiger partial charge on any atom is -0.395 e. The monoisotopic (exact) mass is 510 g/mol. The van der Waals surface area contributed by atoms with Gasteiger partial charge in [-0.3, -0.25) is 14.4 Å². The number of carbonyl (C=O) groups is 3. The highest BCUT2D eigenvalue weighted by molar-refractivity contribution is 7.10. The Labute approximate surface area is 210 Å². The molecule has 1 atom stereocenters. The molecule has 0 aliphatic rings. The van der Waals surface area contributed by atoms with Gasteiger partial charge in [0.1, 0.15) is 10.9 Å². The molecular weight excluding hydrogens is 484 g/mol. The number of para-hydroxylation sites is 1. The predicted molar refractivity (Wildman–Crippen MR) is 138 cm³/mol. The number of nitrogens with two attached hydrogens (primary N) is 2. The van der Waals surface area contributed by atoms with Crippen LogP contribution < -0.4 is 16.8 Å². The molecule has 0 aliphatic heterocycles. The van der Waals surface area contributed by atoms with E-state index in [-0.39, 0.29) is 28.7 Å². The van der Waals surface area contributed by atoms with Crippen molar-refractivity contribution in [3.05, 3.63) is 69.0 Å². The number of anilines is 1. The molecular formula is C24H26N6O3S2. The average Bonchev–Trinajstić information content (AvgIpc) is 3.52. The second kappa shape index (κ2) is 9.51. The largest absolute Gasteiger partial charge is 0.395 e. The SMILES string of the molecule is CC(C)(C)NC(=O)C(c1c[nH]c2ccccc12)N(Cc1cccs1)C(=O)c1snc(C(N)=O)c1N. The zero-order valence-electron chi connectivity index (χ0n) is 19.5. The lowest BCUT2D eigenvalue weighted by Crippen LogP contribution is -2.49. The summed E-state index contributed by atoms with van der Waals surface area (Å²) in [5.74, 6) is -1.67. The zero-order valence-corrected chi connectivity index (χ0v) is 21.1. The third kappa shape index (κ3) is 5.05. The number of nitrogens with one attached hydrogen (secondary N) is 2. The maximum Gasteiger partial charge on any atom is 0.270 e. The lowest BCUT2D eigenvalue weighted by atomic mass is 10.0. The molecule has 35 heavy (non-hydrogen) atoms. The molecule has 3 amide bonds. The van der Waals surface area contributed by atoms with Gasteiger partial charge in [0.25, 0.3) is 11.8 Å². The van der Waals surface area contributed by atoms with Crippen molar-refractivity contribution in [2.75, 3.05) is 5.73 Å². The highest BCUT2D eigenvalue weighted by Crippen LogP contribution is 2.34. The standard InChI is InChI=1S/C24H26N6O3S2/c1-24(2,3)28-22(32)19(15-11-27-16-9-5-4-8-14(15)16)30(12-13-7-6-10-34-13)23(33)20-17(25)18(21(26)31)29-35-20/h4-11,19,27H,12,25H2,1-3H3,(H2,26,31)(H,28,32). The van der Waals surface area contributed by atoms with Gasteiger partial charge in [0.2, 0.25) is 5.91 Å². The Morgan fingerprint density at radius 2 is 1.91 bits per heavy atom. The number of hydrogen-bond acceptors (Lipinski definition) is 7. The maximum atomic E-state index is 13.9. The highest BCUT2D eigenvalue weighted by Gasteiger charge is 2.37. The summed E-state index contributed by atoms with van der Waals surface area (Å²) in [6, 6.07) is 10.4. The van der Waals surface area contributed by atoms with Crippen molar-refractivity contribution in [1.29, 1.82) is 0 Å². The van der Waals surface area contributed by atoms with Crippen LogP contribution >= 0.6 is 22.9 Å². The molecule has 11 heteroatoms. The van der Waals surface area contributed by atoms with Crippen molar-refractivity contribution in [3.8, 4) is 0 Å². The van der Waals surface area contributed by atoms with E-state index in [0.29, 0.717) is 5.56 Å². The van der Waals surface area contributed by atoms with Crippen LogP contribution in [0.3, 0.4) is 0 Å². The number of nitrogens with zero attached hydrogens (tertiary/aromatic N) is 2. The minimum atomic E-state index is -0.987. The normalized spacial score (nSPS) is 12.4. The second-order valence-electron chi connectivity index (χ2n) is 9.08. The van der Waals surface area contributed by atoms with E-state index < -0.39 is 23.4 Å². The van der Waals surface area contributed by atoms with Gasteiger partial charge < -0.3 is 26.7 Å². The second-order valence-corrected chi connectivity index (χ2v) is 10.9. The Balaban J connectivity index is 1.88. The van der Waals surface area contributed by atoms with Crippen LogP contribution in [0.5, 0.6) is 0 Å². The highest BCUT2D eigenvalue weighted by atomic mass is 32.1. The van der Waals surface area contributed by atoms with E-state index in [0.717, 1.165) is 27.3 Å². The molecule has 0 bridgehead atoms. The first-order valence-corrected chi connectivity index (χ1v) is 12.5. The fourth-order valence-corrected chi connectivity index (χ4v) is 5.28. The number of aromatic amines is 1. The van der Waals surface area contributed by atoms with E-state index in [2.05, 4.69) is 14.7 Å². The Morgan fingerprint density at radius 3 is 2.54 bits per heavy atom. The van der Waals surface area contributed by atoms with Gasteiger partial charge in [-0.15, -0.1) is 11.3 Å². The molecule has 0 saturated carbocycles. The Bertz CT molecular complexity index is 1380. The number of H-pyrrole nitrogens is 1. The summed E-state index contributed by atoms with van der Waals surface area (Å²) in [4.78, 5) is 45.0. The van der Waals surface area contributed by atoms with Crippen molar-refractivity contribution in [2.45, 2.75) is 38.9 Å². The molecule has 0 saturated heterocycles. The number of rotatable bonds is 7. The molecule has 6 N–H and O–H groups in total. The fourth-order valence-electron chi connectivity index (χ4n) is 3.82. The lowest BCUT2D eigenvalue weighted by Gasteiger charge is -2.33. The van der Waals surface area contributed by atoms with E-state index >= 15 is 0 Å². The number of fused-ring (bicyclic) bond motifs is 1. The molecule has 9 nitrogen and oxygen atoms in total. The summed E-state index contributed by atoms with van der Waals surface area (Å²) in [6.07, 6.45) is 1.75. The molecule has 3 heterocycles. The van der Waals surface area contributed by atoms with Crippen LogP contribution in [0.4, 0.5) is 5.69 Å². The van der Waals surface area contributed by atoms with Gasteiger partial charge in [-0.05, 0) is 49.8 Å². The maximum absolute atomic E-state index is 13.9. The molecule has 0 aliphatic carbocycles. The number of amides is 3. The van der Waals surface area contributed by atoms with Gasteiger partial charge >= 0.3 is 0 Å². The van der Waals surface area contributed by atoms with E-state index in [9.17, 15) is 14.4 Å². The van der Waals surface area contributed by atoms with Crippen LogP contribution in [-0.2, 0) is 11.3 Å². The molecule has 0 radical (unpaired) electrons. The van der Waals surface area contributed by atoms with E-state index in [1.165, 1.54) is 16.2 Å². The van der Waals surface area contributed by atoms with Gasteiger partial charge in [0, 0.05) is 33.1 Å². The molecule has 1 aromatic carbocycles. The summed E-state index contributed by atoms with van der Waals surface area (Å²) in [5.41, 5.74) is 12.2. The minimum absolute atomic E-state index is 0.0590. The molecule has 0 spiro atoms. The van der Waals surface area contributed by atoms with Crippen molar-refractivity contribution in [3.63, 3.8) is 0 Å². The summed E-state index contributed by atoms with van der Waals surface area (Å²) in [6.45, 7) is 5.79. The van der Waals surface area contributed by atoms with Crippen LogP contribution in [0.25, 0.3) is 10.9 Å². The van der Waals surface area contributed by atoms with Gasteiger partial charge in [0.05, 0.1) is 12.2 Å². The van der Waals surface area contributed by atoms with Crippen molar-refractivity contribution >= 4 is 57.2 Å². The zero-order chi connectivity index (χ0) is 25.3. The Kier molecular flexibility index (Phi) is 6.64. The summed E-state index contributed by atoms with van der Waals surface area (Å²) in [7, 11) is 0.